The normalized spacial score (nSPS) is 17.8. The van der Waals surface area contributed by atoms with Gasteiger partial charge in [-0.15, -0.1) is 0 Å². The van der Waals surface area contributed by atoms with Crippen molar-refractivity contribution < 1.29 is 8.42 Å². The molecule has 1 aromatic rings. The van der Waals surface area contributed by atoms with Crippen molar-refractivity contribution in [1.82, 2.24) is 14.9 Å². The lowest BCUT2D eigenvalue weighted by Crippen LogP contribution is -2.40. The smallest absolute Gasteiger partial charge is 0.216 e. The number of benzene rings is 1. The summed E-state index contributed by atoms with van der Waals surface area (Å²) in [4.78, 5) is 6.66. The standard InChI is InChI=1S/C19H32N4O2S/c1-15(2)22-26(24,25)13-17-9-7-6-8-16(17)12-21-18(20-5)23-11-10-19(3,4)14-23/h6-9,15,22H,10-14H2,1-5H3,(H,20,21). The molecule has 1 aliphatic heterocycles. The van der Waals surface area contributed by atoms with Crippen LogP contribution in [0.5, 0.6) is 0 Å². The van der Waals surface area contributed by atoms with Gasteiger partial charge in [-0.05, 0) is 36.8 Å². The highest BCUT2D eigenvalue weighted by molar-refractivity contribution is 7.88. The zero-order valence-electron chi connectivity index (χ0n) is 16.5. The Balaban J connectivity index is 2.06. The summed E-state index contributed by atoms with van der Waals surface area (Å²) in [6.07, 6.45) is 1.14. The number of nitrogens with one attached hydrogen (secondary N) is 2. The van der Waals surface area contributed by atoms with Crippen LogP contribution >= 0.6 is 0 Å². The average Bonchev–Trinajstić information content (AvgIpc) is 2.88. The van der Waals surface area contributed by atoms with Gasteiger partial charge in [0.15, 0.2) is 5.96 Å². The molecule has 0 spiro atoms. The van der Waals surface area contributed by atoms with Crippen LogP contribution < -0.4 is 10.0 Å². The van der Waals surface area contributed by atoms with Crippen molar-refractivity contribution in [2.45, 2.75) is 52.5 Å². The van der Waals surface area contributed by atoms with Crippen LogP contribution in [0.4, 0.5) is 0 Å². The van der Waals surface area contributed by atoms with Gasteiger partial charge in [0.1, 0.15) is 0 Å². The Hall–Kier alpha value is -1.60. The van der Waals surface area contributed by atoms with Crippen LogP contribution in [0.25, 0.3) is 0 Å². The number of likely N-dealkylation sites (tertiary alicyclic amines) is 1. The zero-order valence-corrected chi connectivity index (χ0v) is 17.4. The van der Waals surface area contributed by atoms with Crippen molar-refractivity contribution in [3.63, 3.8) is 0 Å². The van der Waals surface area contributed by atoms with Crippen molar-refractivity contribution in [1.29, 1.82) is 0 Å². The maximum Gasteiger partial charge on any atom is 0.216 e. The summed E-state index contributed by atoms with van der Waals surface area (Å²) in [5.74, 6) is 0.854. The van der Waals surface area contributed by atoms with Gasteiger partial charge < -0.3 is 10.2 Å². The second kappa shape index (κ2) is 8.39. The number of guanidine groups is 1. The first-order chi connectivity index (χ1) is 12.1. The largest absolute Gasteiger partial charge is 0.352 e. The molecular formula is C19H32N4O2S. The van der Waals surface area contributed by atoms with E-state index >= 15 is 0 Å². The minimum Gasteiger partial charge on any atom is -0.352 e. The van der Waals surface area contributed by atoms with E-state index in [4.69, 9.17) is 0 Å². The second-order valence-corrected chi connectivity index (χ2v) is 9.79. The minimum atomic E-state index is -3.35. The summed E-state index contributed by atoms with van der Waals surface area (Å²) in [7, 11) is -1.56. The van der Waals surface area contributed by atoms with Gasteiger partial charge in [0.2, 0.25) is 10.0 Å². The lowest BCUT2D eigenvalue weighted by Gasteiger charge is -2.24. The first-order valence-electron chi connectivity index (χ1n) is 9.14. The Labute approximate surface area is 158 Å². The van der Waals surface area contributed by atoms with E-state index in [1.807, 2.05) is 38.1 Å². The van der Waals surface area contributed by atoms with E-state index in [0.717, 1.165) is 36.6 Å². The van der Waals surface area contributed by atoms with Crippen LogP contribution in [0.2, 0.25) is 0 Å². The SMILES string of the molecule is CN=C(NCc1ccccc1CS(=O)(=O)NC(C)C)N1CCC(C)(C)C1. The van der Waals surface area contributed by atoms with Crippen molar-refractivity contribution in [2.75, 3.05) is 20.1 Å². The monoisotopic (exact) mass is 380 g/mol. The Morgan fingerprint density at radius 3 is 2.46 bits per heavy atom. The molecule has 0 unspecified atom stereocenters. The molecule has 0 aliphatic carbocycles. The third-order valence-corrected chi connectivity index (χ3v) is 6.03. The van der Waals surface area contributed by atoms with Gasteiger partial charge in [0.25, 0.3) is 0 Å². The molecule has 146 valence electrons. The molecule has 0 bridgehead atoms. The highest BCUT2D eigenvalue weighted by Gasteiger charge is 2.30. The minimum absolute atomic E-state index is 0.0155. The molecule has 0 radical (unpaired) electrons. The second-order valence-electron chi connectivity index (χ2n) is 8.04. The van der Waals surface area contributed by atoms with E-state index in [0.29, 0.717) is 12.0 Å². The number of sulfonamides is 1. The average molecular weight is 381 g/mol. The fourth-order valence-corrected chi connectivity index (χ4v) is 4.77. The summed E-state index contributed by atoms with van der Waals surface area (Å²) in [5.41, 5.74) is 2.08. The van der Waals surface area contributed by atoms with E-state index in [1.54, 1.807) is 7.05 Å². The fraction of sp³-hybridized carbons (Fsp3) is 0.632. The number of hydrogen-bond donors (Lipinski definition) is 2. The quantitative estimate of drug-likeness (QED) is 0.587. The predicted octanol–water partition coefficient (Wildman–Crippen LogP) is 2.32. The highest BCUT2D eigenvalue weighted by atomic mass is 32.2. The van der Waals surface area contributed by atoms with Gasteiger partial charge in [-0.2, -0.15) is 0 Å². The summed E-state index contributed by atoms with van der Waals surface area (Å²) < 4.78 is 27.2. The molecule has 6 nitrogen and oxygen atoms in total. The van der Waals surface area contributed by atoms with Crippen molar-refractivity contribution in [3.8, 4) is 0 Å². The van der Waals surface area contributed by atoms with E-state index in [9.17, 15) is 8.42 Å². The Morgan fingerprint density at radius 2 is 1.92 bits per heavy atom. The predicted molar refractivity (Wildman–Crippen MR) is 108 cm³/mol. The zero-order chi connectivity index (χ0) is 19.4. The lowest BCUT2D eigenvalue weighted by molar-refractivity contribution is 0.370. The molecule has 1 aromatic carbocycles. The Morgan fingerprint density at radius 1 is 1.27 bits per heavy atom. The van der Waals surface area contributed by atoms with Crippen LogP contribution in [-0.4, -0.2) is 45.5 Å². The summed E-state index contributed by atoms with van der Waals surface area (Å²) in [5, 5.41) is 3.39. The molecule has 1 heterocycles. The molecule has 0 saturated carbocycles. The first-order valence-corrected chi connectivity index (χ1v) is 10.8. The molecule has 0 atom stereocenters. The first kappa shape index (κ1) is 20.7. The van der Waals surface area contributed by atoms with E-state index in [1.165, 1.54) is 0 Å². The molecule has 0 amide bonds. The molecule has 0 aromatic heterocycles. The van der Waals surface area contributed by atoms with Crippen LogP contribution in [0.1, 0.15) is 45.2 Å². The molecule has 26 heavy (non-hydrogen) atoms. The van der Waals surface area contributed by atoms with Crippen LogP contribution in [0.3, 0.4) is 0 Å². The molecule has 1 fully saturated rings. The summed E-state index contributed by atoms with van der Waals surface area (Å²) >= 11 is 0. The van der Waals surface area contributed by atoms with Crippen LogP contribution in [0, 0.1) is 5.41 Å². The van der Waals surface area contributed by atoms with Gasteiger partial charge in [0, 0.05) is 32.7 Å². The summed E-state index contributed by atoms with van der Waals surface area (Å²) in [6.45, 7) is 10.7. The molecule has 1 saturated heterocycles. The van der Waals surface area contributed by atoms with Crippen molar-refractivity contribution in [3.05, 3.63) is 35.4 Å². The third-order valence-electron chi connectivity index (χ3n) is 4.50. The molecule has 2 N–H and O–H groups in total. The Bertz CT molecular complexity index is 742. The highest BCUT2D eigenvalue weighted by Crippen LogP contribution is 2.28. The number of nitrogens with zero attached hydrogens (tertiary/aromatic N) is 2. The van der Waals surface area contributed by atoms with Crippen LogP contribution in [0.15, 0.2) is 29.3 Å². The summed E-state index contributed by atoms with van der Waals surface area (Å²) in [6, 6.07) is 7.54. The van der Waals surface area contributed by atoms with Gasteiger partial charge in [-0.25, -0.2) is 13.1 Å². The third kappa shape index (κ3) is 5.99. The molecular weight excluding hydrogens is 348 g/mol. The van der Waals surface area contributed by atoms with E-state index in [2.05, 4.69) is 33.8 Å². The molecule has 1 aliphatic rings. The number of hydrogen-bond acceptors (Lipinski definition) is 3. The van der Waals surface area contributed by atoms with E-state index < -0.39 is 10.0 Å². The van der Waals surface area contributed by atoms with Gasteiger partial charge in [0.05, 0.1) is 5.75 Å². The van der Waals surface area contributed by atoms with Crippen molar-refractivity contribution >= 4 is 16.0 Å². The molecule has 7 heteroatoms. The fourth-order valence-electron chi connectivity index (χ4n) is 3.28. The van der Waals surface area contributed by atoms with Crippen LogP contribution in [-0.2, 0) is 22.3 Å². The van der Waals surface area contributed by atoms with E-state index in [-0.39, 0.29) is 11.8 Å². The van der Waals surface area contributed by atoms with Gasteiger partial charge in [-0.1, -0.05) is 38.1 Å². The molecule has 2 rings (SSSR count). The topological polar surface area (TPSA) is 73.8 Å². The number of aliphatic imine (C=N–C) groups is 1. The maximum absolute atomic E-state index is 12.3. The Kier molecular flexibility index (Phi) is 6.69. The van der Waals surface area contributed by atoms with Crippen molar-refractivity contribution in [2.24, 2.45) is 10.4 Å². The van der Waals surface area contributed by atoms with Gasteiger partial charge in [-0.3, -0.25) is 4.99 Å². The number of rotatable bonds is 6. The van der Waals surface area contributed by atoms with Gasteiger partial charge >= 0.3 is 0 Å². The lowest BCUT2D eigenvalue weighted by atomic mass is 9.93. The maximum atomic E-state index is 12.3.